The summed E-state index contributed by atoms with van der Waals surface area (Å²) in [6.45, 7) is 18.4. The van der Waals surface area contributed by atoms with Gasteiger partial charge in [0.1, 0.15) is 8.07 Å². The zero-order valence-corrected chi connectivity index (χ0v) is 20.2. The van der Waals surface area contributed by atoms with Crippen molar-refractivity contribution in [3.8, 4) is 11.5 Å². The van der Waals surface area contributed by atoms with Crippen molar-refractivity contribution < 1.29 is 9.16 Å². The standard InChI is InChI=1S/C21H42O2Si2/c1-20(2)21(23-25(6,7)8)22-18-16-14-12-10-9-11-13-15-17-19-24(3,4)5/h9-16,18H2,1-8H3. The van der Waals surface area contributed by atoms with Crippen LogP contribution in [-0.4, -0.2) is 23.0 Å². The molecular weight excluding hydrogens is 340 g/mol. The van der Waals surface area contributed by atoms with Crippen molar-refractivity contribution in [2.24, 2.45) is 0 Å². The van der Waals surface area contributed by atoms with Gasteiger partial charge in [0.15, 0.2) is 0 Å². The Bertz CT molecular complexity index is 441. The number of rotatable bonds is 12. The molecule has 0 aliphatic rings. The summed E-state index contributed by atoms with van der Waals surface area (Å²) in [5.41, 5.74) is 4.58. The third-order valence-electron chi connectivity index (χ3n) is 3.45. The molecular formula is C21H42O2Si2. The van der Waals surface area contributed by atoms with Crippen molar-refractivity contribution in [3.05, 3.63) is 11.5 Å². The van der Waals surface area contributed by atoms with E-state index in [0.717, 1.165) is 31.0 Å². The second-order valence-electron chi connectivity index (χ2n) is 9.13. The lowest BCUT2D eigenvalue weighted by Gasteiger charge is -2.23. The Balaban J connectivity index is 3.61. The number of unbranched alkanes of at least 4 members (excludes halogenated alkanes) is 7. The molecule has 0 N–H and O–H groups in total. The molecule has 0 rings (SSSR count). The quantitative estimate of drug-likeness (QED) is 0.155. The van der Waals surface area contributed by atoms with Crippen LogP contribution in [0.2, 0.25) is 39.3 Å². The van der Waals surface area contributed by atoms with Crippen molar-refractivity contribution in [2.45, 2.75) is 104 Å². The van der Waals surface area contributed by atoms with Crippen LogP contribution in [0.15, 0.2) is 11.5 Å². The predicted molar refractivity (Wildman–Crippen MR) is 117 cm³/mol. The van der Waals surface area contributed by atoms with Gasteiger partial charge in [0, 0.05) is 12.0 Å². The van der Waals surface area contributed by atoms with Crippen LogP contribution in [0.25, 0.3) is 0 Å². The molecule has 0 saturated heterocycles. The molecule has 0 aromatic heterocycles. The molecule has 146 valence electrons. The van der Waals surface area contributed by atoms with Gasteiger partial charge in [-0.1, -0.05) is 51.7 Å². The number of ether oxygens (including phenoxy) is 1. The molecule has 0 fully saturated rings. The Morgan fingerprint density at radius 3 is 1.76 bits per heavy atom. The van der Waals surface area contributed by atoms with Crippen LogP contribution >= 0.6 is 0 Å². The van der Waals surface area contributed by atoms with Gasteiger partial charge in [-0.3, -0.25) is 0 Å². The molecule has 0 heterocycles. The maximum absolute atomic E-state index is 6.00. The summed E-state index contributed by atoms with van der Waals surface area (Å²) in [6, 6.07) is 0. The van der Waals surface area contributed by atoms with Crippen molar-refractivity contribution in [1.82, 2.24) is 0 Å². The molecule has 0 amide bonds. The SMILES string of the molecule is CC(C)=C(OCCCCCCCCCC#C[Si](C)(C)C)O[Si](C)(C)C. The van der Waals surface area contributed by atoms with Gasteiger partial charge in [0.25, 0.3) is 5.95 Å². The third kappa shape index (κ3) is 17.9. The number of hydrogen-bond acceptors (Lipinski definition) is 2. The van der Waals surface area contributed by atoms with Crippen molar-refractivity contribution in [3.63, 3.8) is 0 Å². The van der Waals surface area contributed by atoms with Crippen LogP contribution < -0.4 is 0 Å². The fourth-order valence-electron chi connectivity index (χ4n) is 2.25. The van der Waals surface area contributed by atoms with E-state index < -0.39 is 16.4 Å². The van der Waals surface area contributed by atoms with E-state index >= 15 is 0 Å². The van der Waals surface area contributed by atoms with Gasteiger partial charge in [-0.25, -0.2) is 0 Å². The fraction of sp³-hybridized carbons (Fsp3) is 0.810. The van der Waals surface area contributed by atoms with Crippen LogP contribution in [0.5, 0.6) is 0 Å². The van der Waals surface area contributed by atoms with E-state index in [-0.39, 0.29) is 0 Å². The highest BCUT2D eigenvalue weighted by atomic mass is 28.4. The van der Waals surface area contributed by atoms with Crippen LogP contribution in [0, 0.1) is 11.5 Å². The Morgan fingerprint density at radius 2 is 1.28 bits per heavy atom. The summed E-state index contributed by atoms with van der Waals surface area (Å²) in [6.07, 6.45) is 10.0. The molecule has 0 unspecified atom stereocenters. The summed E-state index contributed by atoms with van der Waals surface area (Å²) in [5.74, 6) is 4.12. The minimum atomic E-state index is -1.58. The van der Waals surface area contributed by atoms with Gasteiger partial charge in [-0.2, -0.15) is 0 Å². The molecule has 0 aromatic carbocycles. The minimum absolute atomic E-state index is 0.763. The Hall–Kier alpha value is -0.666. The average molecular weight is 383 g/mol. The Morgan fingerprint density at radius 1 is 0.760 bits per heavy atom. The lowest BCUT2D eigenvalue weighted by atomic mass is 10.1. The Kier molecular flexibility index (Phi) is 12.3. The first-order valence-electron chi connectivity index (χ1n) is 10.0. The molecule has 0 aliphatic carbocycles. The number of allylic oxidation sites excluding steroid dienone is 1. The second kappa shape index (κ2) is 12.6. The summed E-state index contributed by atoms with van der Waals surface area (Å²) in [5, 5.41) is 0. The highest BCUT2D eigenvalue weighted by molar-refractivity contribution is 6.83. The van der Waals surface area contributed by atoms with Gasteiger partial charge < -0.3 is 9.16 Å². The fourth-order valence-corrected chi connectivity index (χ4v) is 3.72. The molecule has 0 saturated carbocycles. The highest BCUT2D eigenvalue weighted by Crippen LogP contribution is 2.16. The van der Waals surface area contributed by atoms with E-state index in [1.807, 2.05) is 0 Å². The van der Waals surface area contributed by atoms with Crippen LogP contribution in [0.1, 0.15) is 65.2 Å². The van der Waals surface area contributed by atoms with Crippen LogP contribution in [-0.2, 0) is 9.16 Å². The van der Waals surface area contributed by atoms with Gasteiger partial charge in [-0.05, 0) is 46.3 Å². The second-order valence-corrected chi connectivity index (χ2v) is 18.3. The molecule has 25 heavy (non-hydrogen) atoms. The topological polar surface area (TPSA) is 18.5 Å². The van der Waals surface area contributed by atoms with E-state index in [0.29, 0.717) is 0 Å². The third-order valence-corrected chi connectivity index (χ3v) is 5.17. The zero-order chi connectivity index (χ0) is 19.3. The van der Waals surface area contributed by atoms with Crippen molar-refractivity contribution in [2.75, 3.05) is 6.61 Å². The molecule has 0 aliphatic heterocycles. The lowest BCUT2D eigenvalue weighted by Crippen LogP contribution is -2.26. The summed E-state index contributed by atoms with van der Waals surface area (Å²) >= 11 is 0. The summed E-state index contributed by atoms with van der Waals surface area (Å²) in [7, 11) is -2.75. The highest BCUT2D eigenvalue weighted by Gasteiger charge is 2.19. The smallest absolute Gasteiger partial charge is 0.263 e. The van der Waals surface area contributed by atoms with E-state index in [2.05, 4.69) is 64.6 Å². The molecule has 0 atom stereocenters. The molecule has 2 nitrogen and oxygen atoms in total. The Labute approximate surface area is 159 Å². The van der Waals surface area contributed by atoms with E-state index in [4.69, 9.17) is 9.16 Å². The molecule has 0 bridgehead atoms. The predicted octanol–water partition coefficient (Wildman–Crippen LogP) is 7.11. The largest absolute Gasteiger partial charge is 0.520 e. The first-order valence-corrected chi connectivity index (χ1v) is 16.9. The maximum atomic E-state index is 6.00. The van der Waals surface area contributed by atoms with Crippen LogP contribution in [0.3, 0.4) is 0 Å². The lowest BCUT2D eigenvalue weighted by molar-refractivity contribution is 0.0956. The van der Waals surface area contributed by atoms with E-state index in [9.17, 15) is 0 Å². The van der Waals surface area contributed by atoms with E-state index in [1.165, 1.54) is 38.5 Å². The monoisotopic (exact) mass is 382 g/mol. The zero-order valence-electron chi connectivity index (χ0n) is 18.2. The van der Waals surface area contributed by atoms with Crippen LogP contribution in [0.4, 0.5) is 0 Å². The van der Waals surface area contributed by atoms with Crippen molar-refractivity contribution >= 4 is 16.4 Å². The van der Waals surface area contributed by atoms with Gasteiger partial charge in [-0.15, -0.1) is 11.5 Å². The maximum Gasteiger partial charge on any atom is 0.263 e. The molecule has 0 aromatic rings. The molecule has 4 heteroatoms. The van der Waals surface area contributed by atoms with Gasteiger partial charge in [0.2, 0.25) is 8.32 Å². The molecule has 0 radical (unpaired) electrons. The first-order chi connectivity index (χ1) is 11.5. The molecule has 0 spiro atoms. The van der Waals surface area contributed by atoms with Gasteiger partial charge >= 0.3 is 0 Å². The summed E-state index contributed by atoms with van der Waals surface area (Å²) in [4.78, 5) is 0. The van der Waals surface area contributed by atoms with Crippen molar-refractivity contribution in [1.29, 1.82) is 0 Å². The normalized spacial score (nSPS) is 11.5. The van der Waals surface area contributed by atoms with Gasteiger partial charge in [0.05, 0.1) is 6.61 Å². The van der Waals surface area contributed by atoms with E-state index in [1.54, 1.807) is 0 Å². The minimum Gasteiger partial charge on any atom is -0.520 e. The summed E-state index contributed by atoms with van der Waals surface area (Å²) < 4.78 is 11.9. The number of hydrogen-bond donors (Lipinski definition) is 0. The average Bonchev–Trinajstić information content (AvgIpc) is 2.44. The first kappa shape index (κ1) is 24.3.